The van der Waals surface area contributed by atoms with Crippen molar-refractivity contribution in [2.24, 2.45) is 0 Å². The third kappa shape index (κ3) is 7.40. The molecule has 0 fully saturated rings. The highest BCUT2D eigenvalue weighted by Crippen LogP contribution is 2.17. The molecule has 7 nitrogen and oxygen atoms in total. The molecule has 0 aromatic heterocycles. The Labute approximate surface area is 197 Å². The second kappa shape index (κ2) is 12.5. The SMILES string of the molecule is CCCNC(=O)[C@@H](C)N(Cc1ccccc1C)C(=O)CCCN(C)S(=O)(=O)c1ccccc1. The number of sulfonamides is 1. The Morgan fingerprint density at radius 2 is 1.67 bits per heavy atom. The fraction of sp³-hybridized carbons (Fsp3) is 0.440. The normalized spacial score (nSPS) is 12.4. The Morgan fingerprint density at radius 1 is 1.03 bits per heavy atom. The van der Waals surface area contributed by atoms with Crippen LogP contribution in [0.1, 0.15) is 44.2 Å². The molecule has 0 bridgehead atoms. The molecule has 0 radical (unpaired) electrons. The van der Waals surface area contributed by atoms with E-state index in [0.29, 0.717) is 19.5 Å². The second-order valence-corrected chi connectivity index (χ2v) is 10.2. The minimum absolute atomic E-state index is 0.145. The van der Waals surface area contributed by atoms with Crippen molar-refractivity contribution in [3.8, 4) is 0 Å². The Bertz CT molecular complexity index is 1020. The zero-order chi connectivity index (χ0) is 24.4. The third-order valence-electron chi connectivity index (χ3n) is 5.63. The fourth-order valence-corrected chi connectivity index (χ4v) is 4.67. The molecular formula is C25H35N3O4S. The van der Waals surface area contributed by atoms with Crippen molar-refractivity contribution in [1.82, 2.24) is 14.5 Å². The summed E-state index contributed by atoms with van der Waals surface area (Å²) in [5.74, 6) is -0.370. The number of amides is 2. The van der Waals surface area contributed by atoms with Crippen molar-refractivity contribution in [1.29, 1.82) is 0 Å². The lowest BCUT2D eigenvalue weighted by Gasteiger charge is -2.29. The molecule has 2 rings (SSSR count). The summed E-state index contributed by atoms with van der Waals surface area (Å²) in [6.45, 7) is 6.76. The Hall–Kier alpha value is -2.71. The van der Waals surface area contributed by atoms with Gasteiger partial charge in [-0.3, -0.25) is 9.59 Å². The summed E-state index contributed by atoms with van der Waals surface area (Å²) in [6.07, 6.45) is 1.31. The largest absolute Gasteiger partial charge is 0.354 e. The summed E-state index contributed by atoms with van der Waals surface area (Å²) in [6, 6.07) is 15.4. The summed E-state index contributed by atoms with van der Waals surface area (Å²) in [5, 5.41) is 2.86. The zero-order valence-electron chi connectivity index (χ0n) is 20.0. The molecular weight excluding hydrogens is 438 g/mol. The van der Waals surface area contributed by atoms with Crippen molar-refractivity contribution in [2.75, 3.05) is 20.1 Å². The van der Waals surface area contributed by atoms with Crippen LogP contribution in [0.25, 0.3) is 0 Å². The van der Waals surface area contributed by atoms with E-state index >= 15 is 0 Å². The molecule has 2 aromatic rings. The summed E-state index contributed by atoms with van der Waals surface area (Å²) >= 11 is 0. The van der Waals surface area contributed by atoms with Crippen LogP contribution < -0.4 is 5.32 Å². The van der Waals surface area contributed by atoms with Gasteiger partial charge in [0.05, 0.1) is 4.90 Å². The van der Waals surface area contributed by atoms with Crippen LogP contribution in [0.3, 0.4) is 0 Å². The van der Waals surface area contributed by atoms with Gasteiger partial charge in [0.2, 0.25) is 21.8 Å². The van der Waals surface area contributed by atoms with Gasteiger partial charge in [-0.15, -0.1) is 0 Å². The standard InChI is InChI=1S/C25H35N3O4S/c1-5-17-26-25(30)21(3)28(19-22-13-10-9-12-20(22)2)24(29)16-11-18-27(4)33(31,32)23-14-7-6-8-15-23/h6-10,12-15,21H,5,11,16-19H2,1-4H3,(H,26,30)/t21-/m1/s1. The van der Waals surface area contributed by atoms with Gasteiger partial charge in [0.25, 0.3) is 0 Å². The summed E-state index contributed by atoms with van der Waals surface area (Å²) in [7, 11) is -2.09. The molecule has 180 valence electrons. The zero-order valence-corrected chi connectivity index (χ0v) is 20.8. The maximum absolute atomic E-state index is 13.2. The van der Waals surface area contributed by atoms with Crippen molar-refractivity contribution in [3.63, 3.8) is 0 Å². The molecule has 0 unspecified atom stereocenters. The average molecular weight is 474 g/mol. The smallest absolute Gasteiger partial charge is 0.242 e. The predicted molar refractivity (Wildman–Crippen MR) is 130 cm³/mol. The number of aryl methyl sites for hydroxylation is 1. The van der Waals surface area contributed by atoms with Crippen molar-refractivity contribution >= 4 is 21.8 Å². The summed E-state index contributed by atoms with van der Waals surface area (Å²) in [5.41, 5.74) is 2.02. The van der Waals surface area contributed by atoms with Gasteiger partial charge in [-0.2, -0.15) is 0 Å². The molecule has 0 saturated heterocycles. The Balaban J connectivity index is 2.07. The lowest BCUT2D eigenvalue weighted by molar-refractivity contribution is -0.140. The van der Waals surface area contributed by atoms with Crippen LogP contribution in [-0.2, 0) is 26.2 Å². The van der Waals surface area contributed by atoms with Crippen LogP contribution in [-0.4, -0.2) is 55.6 Å². The number of nitrogens with zero attached hydrogens (tertiary/aromatic N) is 2. The van der Waals surface area contributed by atoms with E-state index in [-0.39, 0.29) is 29.7 Å². The molecule has 0 aliphatic rings. The van der Waals surface area contributed by atoms with Crippen LogP contribution in [0.15, 0.2) is 59.5 Å². The van der Waals surface area contributed by atoms with Gasteiger partial charge < -0.3 is 10.2 Å². The van der Waals surface area contributed by atoms with Gasteiger partial charge >= 0.3 is 0 Å². The fourth-order valence-electron chi connectivity index (χ4n) is 3.44. The molecule has 0 spiro atoms. The van der Waals surface area contributed by atoms with E-state index in [9.17, 15) is 18.0 Å². The number of benzene rings is 2. The number of hydrogen-bond acceptors (Lipinski definition) is 4. The molecule has 33 heavy (non-hydrogen) atoms. The molecule has 0 heterocycles. The Morgan fingerprint density at radius 3 is 2.30 bits per heavy atom. The van der Waals surface area contributed by atoms with E-state index in [1.165, 1.54) is 11.4 Å². The highest BCUT2D eigenvalue weighted by molar-refractivity contribution is 7.89. The molecule has 1 N–H and O–H groups in total. The summed E-state index contributed by atoms with van der Waals surface area (Å²) in [4.78, 5) is 27.6. The number of hydrogen-bond donors (Lipinski definition) is 1. The topological polar surface area (TPSA) is 86.8 Å². The van der Waals surface area contributed by atoms with Gasteiger partial charge in [0.1, 0.15) is 6.04 Å². The minimum atomic E-state index is -3.61. The van der Waals surface area contributed by atoms with Gasteiger partial charge in [-0.25, -0.2) is 12.7 Å². The quantitative estimate of drug-likeness (QED) is 0.512. The van der Waals surface area contributed by atoms with E-state index in [2.05, 4.69) is 5.32 Å². The molecule has 2 aromatic carbocycles. The van der Waals surface area contributed by atoms with E-state index < -0.39 is 16.1 Å². The molecule has 1 atom stereocenters. The van der Waals surface area contributed by atoms with Gasteiger partial charge in [0, 0.05) is 33.1 Å². The van der Waals surface area contributed by atoms with Crippen LogP contribution in [0.2, 0.25) is 0 Å². The first-order chi connectivity index (χ1) is 15.7. The van der Waals surface area contributed by atoms with Crippen molar-refractivity contribution in [3.05, 3.63) is 65.7 Å². The predicted octanol–water partition coefficient (Wildman–Crippen LogP) is 3.34. The van der Waals surface area contributed by atoms with Gasteiger partial charge in [-0.05, 0) is 49.9 Å². The Kier molecular flexibility index (Phi) is 10.1. The van der Waals surface area contributed by atoms with E-state index in [0.717, 1.165) is 17.5 Å². The van der Waals surface area contributed by atoms with Crippen LogP contribution >= 0.6 is 0 Å². The summed E-state index contributed by atoms with van der Waals surface area (Å²) < 4.78 is 26.7. The number of rotatable bonds is 12. The van der Waals surface area contributed by atoms with Gasteiger partial charge in [-0.1, -0.05) is 49.4 Å². The number of carbonyl (C=O) groups excluding carboxylic acids is 2. The van der Waals surface area contributed by atoms with Crippen LogP contribution in [0.4, 0.5) is 0 Å². The molecule has 8 heteroatoms. The first kappa shape index (κ1) is 26.5. The lowest BCUT2D eigenvalue weighted by atomic mass is 10.1. The van der Waals surface area contributed by atoms with Crippen LogP contribution in [0.5, 0.6) is 0 Å². The maximum Gasteiger partial charge on any atom is 0.242 e. The van der Waals surface area contributed by atoms with E-state index in [1.807, 2.05) is 38.1 Å². The second-order valence-electron chi connectivity index (χ2n) is 8.16. The molecule has 0 aliphatic heterocycles. The minimum Gasteiger partial charge on any atom is -0.354 e. The molecule has 2 amide bonds. The van der Waals surface area contributed by atoms with E-state index in [1.54, 1.807) is 42.2 Å². The molecule has 0 aliphatic carbocycles. The maximum atomic E-state index is 13.2. The lowest BCUT2D eigenvalue weighted by Crippen LogP contribution is -2.48. The van der Waals surface area contributed by atoms with Crippen molar-refractivity contribution in [2.45, 2.75) is 57.5 Å². The monoisotopic (exact) mass is 473 g/mol. The molecule has 0 saturated carbocycles. The van der Waals surface area contributed by atoms with Crippen molar-refractivity contribution < 1.29 is 18.0 Å². The van der Waals surface area contributed by atoms with Gasteiger partial charge in [0.15, 0.2) is 0 Å². The first-order valence-corrected chi connectivity index (χ1v) is 12.8. The number of nitrogens with one attached hydrogen (secondary N) is 1. The third-order valence-corrected chi connectivity index (χ3v) is 7.50. The highest BCUT2D eigenvalue weighted by atomic mass is 32.2. The average Bonchev–Trinajstić information content (AvgIpc) is 2.81. The van der Waals surface area contributed by atoms with E-state index in [4.69, 9.17) is 0 Å². The number of carbonyl (C=O) groups is 2. The highest BCUT2D eigenvalue weighted by Gasteiger charge is 2.27. The first-order valence-electron chi connectivity index (χ1n) is 11.3. The van der Waals surface area contributed by atoms with Crippen LogP contribution in [0, 0.1) is 6.92 Å².